The van der Waals surface area contributed by atoms with Crippen molar-refractivity contribution in [1.82, 2.24) is 0 Å². The van der Waals surface area contributed by atoms with Crippen LogP contribution in [-0.2, 0) is 0 Å². The summed E-state index contributed by atoms with van der Waals surface area (Å²) in [5.74, 6) is 1.59. The molecule has 1 N–H and O–H groups in total. The second-order valence-corrected chi connectivity index (χ2v) is 9.35. The minimum atomic E-state index is 0.348. The smallest absolute Gasteiger partial charge is 0.0433 e. The Labute approximate surface area is 171 Å². The highest BCUT2D eigenvalue weighted by Gasteiger charge is 2.22. The molecule has 0 atom stereocenters. The summed E-state index contributed by atoms with van der Waals surface area (Å²) in [4.78, 5) is 2.64. The molecule has 1 aliphatic heterocycles. The molecule has 2 aromatic rings. The summed E-state index contributed by atoms with van der Waals surface area (Å²) in [6.45, 7) is 0.348. The topological polar surface area (TPSA) is 20.2 Å². The van der Waals surface area contributed by atoms with Crippen LogP contribution >= 0.6 is 23.4 Å². The highest BCUT2D eigenvalue weighted by atomic mass is 35.5. The molecule has 0 amide bonds. The van der Waals surface area contributed by atoms with Crippen molar-refractivity contribution in [2.45, 2.75) is 54.7 Å². The van der Waals surface area contributed by atoms with E-state index in [9.17, 15) is 0 Å². The van der Waals surface area contributed by atoms with Gasteiger partial charge in [0.05, 0.1) is 0 Å². The summed E-state index contributed by atoms with van der Waals surface area (Å²) >= 11 is 8.15. The van der Waals surface area contributed by atoms with E-state index in [0.717, 1.165) is 29.7 Å². The third-order valence-electron chi connectivity index (χ3n) is 6.06. The van der Waals surface area contributed by atoms with Crippen LogP contribution in [0.25, 0.3) is 5.57 Å². The predicted octanol–water partition coefficient (Wildman–Crippen LogP) is 7.21. The SMILES string of the molecule is OCCC1CCC(CC/C=C2/c3ccccc3Sc3ccc(Cl)cc32)CC1. The van der Waals surface area contributed by atoms with Gasteiger partial charge in [-0.3, -0.25) is 0 Å². The molecular weight excluding hydrogens is 372 g/mol. The maximum atomic E-state index is 9.13. The summed E-state index contributed by atoms with van der Waals surface area (Å²) < 4.78 is 0. The molecule has 1 heterocycles. The van der Waals surface area contributed by atoms with Crippen LogP contribution in [0.5, 0.6) is 0 Å². The minimum Gasteiger partial charge on any atom is -0.396 e. The molecule has 142 valence electrons. The van der Waals surface area contributed by atoms with Gasteiger partial charge in [0.1, 0.15) is 0 Å². The number of aliphatic hydroxyl groups excluding tert-OH is 1. The molecule has 2 aliphatic rings. The molecule has 1 fully saturated rings. The Kier molecular flexibility index (Phi) is 6.27. The lowest BCUT2D eigenvalue weighted by Gasteiger charge is -2.28. The molecule has 1 aliphatic carbocycles. The lowest BCUT2D eigenvalue weighted by molar-refractivity contribution is 0.202. The van der Waals surface area contributed by atoms with Gasteiger partial charge >= 0.3 is 0 Å². The Morgan fingerprint density at radius 2 is 1.63 bits per heavy atom. The Morgan fingerprint density at radius 1 is 0.926 bits per heavy atom. The van der Waals surface area contributed by atoms with Crippen molar-refractivity contribution in [3.63, 3.8) is 0 Å². The normalized spacial score (nSPS) is 23.1. The number of benzene rings is 2. The van der Waals surface area contributed by atoms with Gasteiger partial charge in [0, 0.05) is 21.4 Å². The lowest BCUT2D eigenvalue weighted by Crippen LogP contribution is -2.15. The average molecular weight is 399 g/mol. The number of allylic oxidation sites excluding steroid dienone is 1. The van der Waals surface area contributed by atoms with E-state index in [1.807, 2.05) is 17.8 Å². The van der Waals surface area contributed by atoms with Crippen LogP contribution in [0, 0.1) is 11.8 Å². The quantitative estimate of drug-likeness (QED) is 0.490. The van der Waals surface area contributed by atoms with Gasteiger partial charge in [-0.1, -0.05) is 73.3 Å². The molecule has 0 bridgehead atoms. The van der Waals surface area contributed by atoms with Crippen LogP contribution < -0.4 is 0 Å². The van der Waals surface area contributed by atoms with Crippen LogP contribution in [0.2, 0.25) is 5.02 Å². The summed E-state index contributed by atoms with van der Waals surface area (Å²) in [5.41, 5.74) is 3.96. The van der Waals surface area contributed by atoms with Crippen LogP contribution in [0.4, 0.5) is 0 Å². The van der Waals surface area contributed by atoms with Gasteiger partial charge in [-0.05, 0) is 72.1 Å². The third-order valence-corrected chi connectivity index (χ3v) is 7.44. The lowest BCUT2D eigenvalue weighted by atomic mass is 9.78. The van der Waals surface area contributed by atoms with E-state index < -0.39 is 0 Å². The van der Waals surface area contributed by atoms with E-state index in [1.54, 1.807) is 0 Å². The first-order chi connectivity index (χ1) is 13.2. The first-order valence-electron chi connectivity index (χ1n) is 10.1. The minimum absolute atomic E-state index is 0.348. The first kappa shape index (κ1) is 19.1. The monoisotopic (exact) mass is 398 g/mol. The molecule has 0 unspecified atom stereocenters. The first-order valence-corrected chi connectivity index (χ1v) is 11.3. The Hall–Kier alpha value is -1.22. The van der Waals surface area contributed by atoms with E-state index in [2.05, 4.69) is 42.5 Å². The van der Waals surface area contributed by atoms with Gasteiger partial charge in [-0.25, -0.2) is 0 Å². The number of halogens is 1. The number of aliphatic hydroxyl groups is 1. The van der Waals surface area contributed by atoms with Crippen molar-refractivity contribution in [1.29, 1.82) is 0 Å². The second kappa shape index (κ2) is 8.86. The number of hydrogen-bond donors (Lipinski definition) is 1. The van der Waals surface area contributed by atoms with E-state index in [0.29, 0.717) is 6.61 Å². The third kappa shape index (κ3) is 4.45. The second-order valence-electron chi connectivity index (χ2n) is 7.83. The summed E-state index contributed by atoms with van der Waals surface area (Å²) in [6, 6.07) is 15.0. The van der Waals surface area contributed by atoms with Crippen LogP contribution in [0.3, 0.4) is 0 Å². The van der Waals surface area contributed by atoms with E-state index in [4.69, 9.17) is 16.7 Å². The zero-order valence-corrected chi connectivity index (χ0v) is 17.2. The molecule has 0 aromatic heterocycles. The summed E-state index contributed by atoms with van der Waals surface area (Å²) in [6.07, 6.45) is 11.0. The fourth-order valence-corrected chi connectivity index (χ4v) is 5.78. The van der Waals surface area contributed by atoms with Crippen LogP contribution in [0.1, 0.15) is 56.1 Å². The molecule has 0 spiro atoms. The molecule has 4 rings (SSSR count). The Morgan fingerprint density at radius 3 is 2.41 bits per heavy atom. The van der Waals surface area contributed by atoms with E-state index in [-0.39, 0.29) is 0 Å². The molecule has 1 nitrogen and oxygen atoms in total. The maximum absolute atomic E-state index is 9.13. The molecule has 0 saturated heterocycles. The van der Waals surface area contributed by atoms with Gasteiger partial charge < -0.3 is 5.11 Å². The maximum Gasteiger partial charge on any atom is 0.0433 e. The number of hydrogen-bond acceptors (Lipinski definition) is 2. The largest absolute Gasteiger partial charge is 0.396 e. The standard InChI is InChI=1S/C24H27ClOS/c25-19-12-13-24-22(16-19)20(21-5-1-2-7-23(21)27-24)6-3-4-17-8-10-18(11-9-17)14-15-26/h1-2,5-7,12-13,16-18,26H,3-4,8-11,14-15H2/b20-6-. The van der Waals surface area contributed by atoms with Gasteiger partial charge in [-0.15, -0.1) is 0 Å². The predicted molar refractivity (Wildman–Crippen MR) is 115 cm³/mol. The number of fused-ring (bicyclic) bond motifs is 2. The fraction of sp³-hybridized carbons (Fsp3) is 0.417. The number of rotatable bonds is 5. The average Bonchev–Trinajstić information content (AvgIpc) is 2.69. The van der Waals surface area contributed by atoms with Crippen molar-refractivity contribution >= 4 is 28.9 Å². The Bertz CT molecular complexity index is 821. The van der Waals surface area contributed by atoms with Gasteiger partial charge in [0.15, 0.2) is 0 Å². The summed E-state index contributed by atoms with van der Waals surface area (Å²) in [7, 11) is 0. The molecule has 27 heavy (non-hydrogen) atoms. The van der Waals surface area contributed by atoms with Crippen molar-refractivity contribution in [2.24, 2.45) is 11.8 Å². The molecule has 1 saturated carbocycles. The van der Waals surface area contributed by atoms with Crippen molar-refractivity contribution in [3.05, 3.63) is 64.7 Å². The van der Waals surface area contributed by atoms with E-state index in [1.165, 1.54) is 58.6 Å². The van der Waals surface area contributed by atoms with Crippen LogP contribution in [-0.4, -0.2) is 11.7 Å². The van der Waals surface area contributed by atoms with Crippen molar-refractivity contribution in [2.75, 3.05) is 6.61 Å². The van der Waals surface area contributed by atoms with Crippen molar-refractivity contribution < 1.29 is 5.11 Å². The van der Waals surface area contributed by atoms with Gasteiger partial charge in [0.2, 0.25) is 0 Å². The zero-order chi connectivity index (χ0) is 18.6. The molecule has 0 radical (unpaired) electrons. The molecule has 3 heteroatoms. The fourth-order valence-electron chi connectivity index (χ4n) is 4.52. The highest BCUT2D eigenvalue weighted by molar-refractivity contribution is 7.99. The molecule has 2 aromatic carbocycles. The summed E-state index contributed by atoms with van der Waals surface area (Å²) in [5, 5.41) is 9.94. The van der Waals surface area contributed by atoms with Gasteiger partial charge in [0.25, 0.3) is 0 Å². The molecular formula is C24H27ClOS. The van der Waals surface area contributed by atoms with E-state index >= 15 is 0 Å². The van der Waals surface area contributed by atoms with Crippen molar-refractivity contribution in [3.8, 4) is 0 Å². The zero-order valence-electron chi connectivity index (χ0n) is 15.7. The Balaban J connectivity index is 1.49. The van der Waals surface area contributed by atoms with Crippen LogP contribution in [0.15, 0.2) is 58.3 Å². The highest BCUT2D eigenvalue weighted by Crippen LogP contribution is 2.46. The van der Waals surface area contributed by atoms with Gasteiger partial charge in [-0.2, -0.15) is 0 Å².